The van der Waals surface area contributed by atoms with Gasteiger partial charge in [-0.2, -0.15) is 0 Å². The lowest BCUT2D eigenvalue weighted by Gasteiger charge is -2.10. The number of thioether (sulfide) groups is 1. The Morgan fingerprint density at radius 1 is 1.16 bits per heavy atom. The molecule has 0 fully saturated rings. The molecule has 1 aromatic carbocycles. The molecule has 2 heterocycles. The van der Waals surface area contributed by atoms with Crippen LogP contribution in [0.5, 0.6) is 0 Å². The van der Waals surface area contributed by atoms with E-state index in [1.165, 1.54) is 17.8 Å². The summed E-state index contributed by atoms with van der Waals surface area (Å²) in [6.07, 6.45) is 3.97. The summed E-state index contributed by atoms with van der Waals surface area (Å²) in [7, 11) is 0. The van der Waals surface area contributed by atoms with Gasteiger partial charge in [0.25, 0.3) is 0 Å². The zero-order chi connectivity index (χ0) is 16.9. The highest BCUT2D eigenvalue weighted by Gasteiger charge is 2.16. The molecule has 6 nitrogen and oxygen atoms in total. The van der Waals surface area contributed by atoms with Crippen LogP contribution in [0.4, 0.5) is 4.39 Å². The molecule has 0 spiro atoms. The fourth-order valence-electron chi connectivity index (χ4n) is 2.19. The van der Waals surface area contributed by atoms with Gasteiger partial charge in [-0.1, -0.05) is 23.9 Å². The molecular weight excluding hydrogens is 363 g/mol. The number of para-hydroxylation sites is 1. The largest absolute Gasteiger partial charge is 0.330 e. The van der Waals surface area contributed by atoms with Crippen molar-refractivity contribution in [3.8, 4) is 5.69 Å². The van der Waals surface area contributed by atoms with Crippen molar-refractivity contribution < 1.29 is 4.39 Å². The minimum Gasteiger partial charge on any atom is -0.330 e. The molecule has 0 atom stereocenters. The van der Waals surface area contributed by atoms with Crippen molar-refractivity contribution >= 4 is 24.2 Å². The average molecular weight is 381 g/mol. The molecule has 0 radical (unpaired) electrons. The second-order valence-electron chi connectivity index (χ2n) is 5.16. The van der Waals surface area contributed by atoms with Gasteiger partial charge in [0.1, 0.15) is 11.6 Å². The van der Waals surface area contributed by atoms with Crippen LogP contribution in [0.2, 0.25) is 0 Å². The standard InChI is InChI=1S/C16H17FN6S.ClH/c1-11-8-20-12(9-19-11)10-24-16-22-21-15(6-7-18)23(16)14-5-3-2-4-13(14)17;/h2-5,8-9H,6-7,10,18H2,1H3;1H. The quantitative estimate of drug-likeness (QED) is 0.662. The highest BCUT2D eigenvalue weighted by Crippen LogP contribution is 2.26. The summed E-state index contributed by atoms with van der Waals surface area (Å²) in [5, 5.41) is 8.95. The third-order valence-electron chi connectivity index (χ3n) is 3.35. The first kappa shape index (κ1) is 19.3. The van der Waals surface area contributed by atoms with Crippen molar-refractivity contribution in [3.05, 3.63) is 59.7 Å². The van der Waals surface area contributed by atoms with Gasteiger partial charge in [-0.15, -0.1) is 22.6 Å². The Morgan fingerprint density at radius 2 is 1.96 bits per heavy atom. The van der Waals surface area contributed by atoms with E-state index in [2.05, 4.69) is 20.2 Å². The van der Waals surface area contributed by atoms with Crippen molar-refractivity contribution in [1.82, 2.24) is 24.7 Å². The molecule has 0 saturated heterocycles. The van der Waals surface area contributed by atoms with Crippen LogP contribution in [0, 0.1) is 12.7 Å². The van der Waals surface area contributed by atoms with E-state index in [0.29, 0.717) is 35.4 Å². The first-order chi connectivity index (χ1) is 11.7. The molecule has 132 valence electrons. The number of nitrogens with zero attached hydrogens (tertiary/aromatic N) is 5. The molecule has 0 amide bonds. The number of hydrogen-bond acceptors (Lipinski definition) is 6. The third-order valence-corrected chi connectivity index (χ3v) is 4.31. The molecule has 0 aliphatic rings. The first-order valence-corrected chi connectivity index (χ1v) is 8.47. The highest BCUT2D eigenvalue weighted by molar-refractivity contribution is 7.98. The summed E-state index contributed by atoms with van der Waals surface area (Å²) in [5.41, 5.74) is 7.75. The Balaban J connectivity index is 0.00000225. The molecule has 0 unspecified atom stereocenters. The molecule has 0 aliphatic carbocycles. The number of hydrogen-bond donors (Lipinski definition) is 1. The molecule has 25 heavy (non-hydrogen) atoms. The average Bonchev–Trinajstić information content (AvgIpc) is 2.98. The third kappa shape index (κ3) is 4.53. The predicted octanol–water partition coefficient (Wildman–Crippen LogP) is 2.72. The lowest BCUT2D eigenvalue weighted by atomic mass is 10.3. The van der Waals surface area contributed by atoms with Crippen LogP contribution in [0.25, 0.3) is 5.69 Å². The lowest BCUT2D eigenvalue weighted by Crippen LogP contribution is -2.10. The lowest BCUT2D eigenvalue weighted by molar-refractivity contribution is 0.609. The van der Waals surface area contributed by atoms with E-state index in [1.54, 1.807) is 35.2 Å². The van der Waals surface area contributed by atoms with Crippen molar-refractivity contribution in [2.45, 2.75) is 24.3 Å². The zero-order valence-corrected chi connectivity index (χ0v) is 15.2. The number of aromatic nitrogens is 5. The molecule has 0 bridgehead atoms. The van der Waals surface area contributed by atoms with E-state index >= 15 is 0 Å². The smallest absolute Gasteiger partial charge is 0.196 e. The number of nitrogens with two attached hydrogens (primary N) is 1. The predicted molar refractivity (Wildman–Crippen MR) is 97.7 cm³/mol. The fourth-order valence-corrected chi connectivity index (χ4v) is 3.05. The maximum atomic E-state index is 14.2. The van der Waals surface area contributed by atoms with E-state index < -0.39 is 0 Å². The fraction of sp³-hybridized carbons (Fsp3) is 0.250. The van der Waals surface area contributed by atoms with Crippen molar-refractivity contribution in [2.75, 3.05) is 6.54 Å². The maximum Gasteiger partial charge on any atom is 0.196 e. The molecule has 2 aromatic heterocycles. The van der Waals surface area contributed by atoms with Crippen LogP contribution in [-0.4, -0.2) is 31.3 Å². The number of benzene rings is 1. The summed E-state index contributed by atoms with van der Waals surface area (Å²) >= 11 is 1.44. The van der Waals surface area contributed by atoms with E-state index in [-0.39, 0.29) is 18.2 Å². The first-order valence-electron chi connectivity index (χ1n) is 7.48. The summed E-state index contributed by atoms with van der Waals surface area (Å²) < 4.78 is 15.9. The van der Waals surface area contributed by atoms with Crippen LogP contribution >= 0.6 is 24.2 Å². The van der Waals surface area contributed by atoms with Gasteiger partial charge >= 0.3 is 0 Å². The Hall–Kier alpha value is -2.03. The summed E-state index contributed by atoms with van der Waals surface area (Å²) in [6, 6.07) is 6.56. The molecule has 2 N–H and O–H groups in total. The van der Waals surface area contributed by atoms with Crippen LogP contribution in [-0.2, 0) is 12.2 Å². The number of aryl methyl sites for hydroxylation is 1. The van der Waals surface area contributed by atoms with Crippen LogP contribution in [0.1, 0.15) is 17.2 Å². The zero-order valence-electron chi connectivity index (χ0n) is 13.6. The molecule has 9 heteroatoms. The van der Waals surface area contributed by atoms with Gasteiger partial charge in [0.2, 0.25) is 0 Å². The molecule has 3 aromatic rings. The van der Waals surface area contributed by atoms with Crippen LogP contribution in [0.15, 0.2) is 41.8 Å². The molecule has 0 saturated carbocycles. The Bertz CT molecular complexity index is 824. The van der Waals surface area contributed by atoms with Crippen molar-refractivity contribution in [1.29, 1.82) is 0 Å². The van der Waals surface area contributed by atoms with Gasteiger partial charge in [0, 0.05) is 24.6 Å². The number of rotatable bonds is 6. The van der Waals surface area contributed by atoms with E-state index in [1.807, 2.05) is 6.92 Å². The highest BCUT2D eigenvalue weighted by atomic mass is 35.5. The van der Waals surface area contributed by atoms with E-state index in [0.717, 1.165) is 11.4 Å². The van der Waals surface area contributed by atoms with Crippen LogP contribution in [0.3, 0.4) is 0 Å². The van der Waals surface area contributed by atoms with Gasteiger partial charge in [-0.05, 0) is 25.6 Å². The van der Waals surface area contributed by atoms with Gasteiger partial charge in [0.15, 0.2) is 5.16 Å². The van der Waals surface area contributed by atoms with E-state index in [4.69, 9.17) is 5.73 Å². The minimum atomic E-state index is -0.326. The summed E-state index contributed by atoms with van der Waals surface area (Å²) in [4.78, 5) is 8.55. The topological polar surface area (TPSA) is 82.5 Å². The maximum absolute atomic E-state index is 14.2. The summed E-state index contributed by atoms with van der Waals surface area (Å²) in [6.45, 7) is 2.30. The Morgan fingerprint density at radius 3 is 2.64 bits per heavy atom. The van der Waals surface area contributed by atoms with Crippen LogP contribution < -0.4 is 5.73 Å². The summed E-state index contributed by atoms with van der Waals surface area (Å²) in [5.74, 6) is 0.885. The Kier molecular flexibility index (Phi) is 6.86. The normalized spacial score (nSPS) is 10.5. The SMILES string of the molecule is Cc1cnc(CSc2nnc(CCN)n2-c2ccccc2F)cn1.Cl. The second-order valence-corrected chi connectivity index (χ2v) is 6.10. The monoisotopic (exact) mass is 380 g/mol. The number of halogens is 2. The van der Waals surface area contributed by atoms with E-state index in [9.17, 15) is 4.39 Å². The molecule has 0 aliphatic heterocycles. The van der Waals surface area contributed by atoms with Gasteiger partial charge in [-0.3, -0.25) is 14.5 Å². The second kappa shape index (κ2) is 8.89. The van der Waals surface area contributed by atoms with Gasteiger partial charge in [0.05, 0.1) is 17.1 Å². The molecule has 3 rings (SSSR count). The Labute approximate surface area is 155 Å². The molecular formula is C16H18ClFN6S. The van der Waals surface area contributed by atoms with Crippen molar-refractivity contribution in [3.63, 3.8) is 0 Å². The van der Waals surface area contributed by atoms with Gasteiger partial charge < -0.3 is 5.73 Å². The minimum absolute atomic E-state index is 0. The van der Waals surface area contributed by atoms with Gasteiger partial charge in [-0.25, -0.2) is 4.39 Å². The van der Waals surface area contributed by atoms with Crippen molar-refractivity contribution in [2.24, 2.45) is 5.73 Å².